The molecule has 3 fully saturated rings. The number of amides is 1. The zero-order valence-corrected chi connectivity index (χ0v) is 18.6. The molecule has 3 aliphatic heterocycles. The predicted octanol–water partition coefficient (Wildman–Crippen LogP) is 2.57. The van der Waals surface area contributed by atoms with Crippen LogP contribution in [0.1, 0.15) is 49.5 Å². The summed E-state index contributed by atoms with van der Waals surface area (Å²) in [5.74, 6) is 2.54. The zero-order valence-electron chi connectivity index (χ0n) is 18.6. The van der Waals surface area contributed by atoms with Crippen molar-refractivity contribution in [2.45, 2.75) is 50.6 Å². The van der Waals surface area contributed by atoms with E-state index in [1.165, 1.54) is 0 Å². The van der Waals surface area contributed by atoms with Crippen LogP contribution in [0.15, 0.2) is 35.1 Å². The average molecular weight is 440 g/mol. The van der Waals surface area contributed by atoms with E-state index in [2.05, 4.69) is 20.1 Å². The average Bonchev–Trinajstić information content (AvgIpc) is 3.53. The molecule has 0 bridgehead atoms. The van der Waals surface area contributed by atoms with Crippen LogP contribution in [-0.4, -0.2) is 66.2 Å². The summed E-state index contributed by atoms with van der Waals surface area (Å²) >= 11 is 0. The number of nitrogens with zero attached hydrogens (tertiary/aromatic N) is 4. The second-order valence-electron chi connectivity index (χ2n) is 9.24. The molecule has 8 heteroatoms. The lowest BCUT2D eigenvalue weighted by Gasteiger charge is -2.31. The van der Waals surface area contributed by atoms with Crippen molar-refractivity contribution >= 4 is 11.9 Å². The number of nitrogens with one attached hydrogen (secondary N) is 1. The van der Waals surface area contributed by atoms with Crippen LogP contribution in [0.4, 0.5) is 5.95 Å². The van der Waals surface area contributed by atoms with Crippen LogP contribution in [0.25, 0.3) is 0 Å². The fraction of sp³-hybridized carbons (Fsp3) is 0.625. The van der Waals surface area contributed by atoms with Crippen LogP contribution in [0.3, 0.4) is 0 Å². The van der Waals surface area contributed by atoms with Crippen LogP contribution in [0.5, 0.6) is 0 Å². The summed E-state index contributed by atoms with van der Waals surface area (Å²) in [6.45, 7) is 5.97. The Morgan fingerprint density at radius 1 is 1.09 bits per heavy atom. The first-order chi connectivity index (χ1) is 15.7. The molecule has 1 atom stereocenters. The Morgan fingerprint density at radius 3 is 2.72 bits per heavy atom. The number of anilines is 1. The molecule has 2 aromatic rings. The minimum Gasteiger partial charge on any atom is -0.468 e. The fourth-order valence-corrected chi connectivity index (χ4v) is 5.09. The number of rotatable bonds is 6. The normalized spacial score (nSPS) is 23.5. The number of likely N-dealkylation sites (tertiary alicyclic amines) is 1. The van der Waals surface area contributed by atoms with Gasteiger partial charge in [-0.2, -0.15) is 0 Å². The van der Waals surface area contributed by atoms with Crippen molar-refractivity contribution in [1.29, 1.82) is 0 Å². The number of ether oxygens (including phenoxy) is 1. The Labute approximate surface area is 189 Å². The van der Waals surface area contributed by atoms with E-state index in [0.717, 1.165) is 95.4 Å². The fourth-order valence-electron chi connectivity index (χ4n) is 5.09. The van der Waals surface area contributed by atoms with E-state index in [1.54, 1.807) is 6.26 Å². The van der Waals surface area contributed by atoms with Crippen molar-refractivity contribution < 1.29 is 13.9 Å². The molecule has 172 valence electrons. The highest BCUT2D eigenvalue weighted by Crippen LogP contribution is 2.27. The van der Waals surface area contributed by atoms with Crippen LogP contribution in [0, 0.1) is 5.92 Å². The summed E-state index contributed by atoms with van der Waals surface area (Å²) in [4.78, 5) is 26.8. The first kappa shape index (κ1) is 21.4. The van der Waals surface area contributed by atoms with Gasteiger partial charge in [-0.25, -0.2) is 9.97 Å². The highest BCUT2D eigenvalue weighted by molar-refractivity contribution is 5.79. The van der Waals surface area contributed by atoms with Gasteiger partial charge in [0, 0.05) is 56.1 Å². The number of piperidine rings is 1. The molecule has 5 rings (SSSR count). The molecule has 3 saturated heterocycles. The third-order valence-corrected chi connectivity index (χ3v) is 7.04. The third kappa shape index (κ3) is 5.13. The number of furan rings is 1. The minimum absolute atomic E-state index is 0.102. The van der Waals surface area contributed by atoms with E-state index in [0.29, 0.717) is 5.92 Å². The predicted molar refractivity (Wildman–Crippen MR) is 120 cm³/mol. The van der Waals surface area contributed by atoms with E-state index >= 15 is 0 Å². The summed E-state index contributed by atoms with van der Waals surface area (Å²) in [6, 6.07) is 6.13. The molecule has 0 aromatic carbocycles. The van der Waals surface area contributed by atoms with E-state index in [9.17, 15) is 4.79 Å². The lowest BCUT2D eigenvalue weighted by Crippen LogP contribution is -2.44. The van der Waals surface area contributed by atoms with Crippen LogP contribution >= 0.6 is 0 Å². The van der Waals surface area contributed by atoms with Crippen LogP contribution in [-0.2, 0) is 16.1 Å². The monoisotopic (exact) mass is 439 g/mol. The van der Waals surface area contributed by atoms with Gasteiger partial charge in [0.05, 0.1) is 12.8 Å². The van der Waals surface area contributed by atoms with E-state index in [-0.39, 0.29) is 17.9 Å². The molecular formula is C24H33N5O3. The summed E-state index contributed by atoms with van der Waals surface area (Å²) in [5, 5.41) is 3.30. The lowest BCUT2D eigenvalue weighted by atomic mass is 9.95. The molecule has 5 heterocycles. The van der Waals surface area contributed by atoms with E-state index < -0.39 is 0 Å². The molecule has 32 heavy (non-hydrogen) atoms. The second kappa shape index (κ2) is 10.0. The summed E-state index contributed by atoms with van der Waals surface area (Å²) in [5.41, 5.74) is 1.12. The Bertz CT molecular complexity index is 876. The van der Waals surface area contributed by atoms with E-state index in [4.69, 9.17) is 14.1 Å². The van der Waals surface area contributed by atoms with Crippen molar-refractivity contribution in [1.82, 2.24) is 20.2 Å². The smallest absolute Gasteiger partial charge is 0.225 e. The summed E-state index contributed by atoms with van der Waals surface area (Å²) < 4.78 is 10.9. The maximum Gasteiger partial charge on any atom is 0.225 e. The molecule has 8 nitrogen and oxygen atoms in total. The van der Waals surface area contributed by atoms with Gasteiger partial charge in [0.2, 0.25) is 11.9 Å². The second-order valence-corrected chi connectivity index (χ2v) is 9.24. The Balaban J connectivity index is 1.09. The standard InChI is InChI=1S/C24H33N5O3/c30-23(19-4-10-28(11-5-19)17-21-2-1-13-32-21)26-20-6-12-29(16-20)24-25-9-3-22(27-24)18-7-14-31-15-8-18/h1-3,9,13,18-20H,4-8,10-12,14-17H2,(H,26,30). The van der Waals surface area contributed by atoms with Crippen molar-refractivity contribution in [3.05, 3.63) is 42.1 Å². The van der Waals surface area contributed by atoms with Gasteiger partial charge in [-0.3, -0.25) is 9.69 Å². The van der Waals surface area contributed by atoms with Gasteiger partial charge in [0.25, 0.3) is 0 Å². The third-order valence-electron chi connectivity index (χ3n) is 7.04. The van der Waals surface area contributed by atoms with Gasteiger partial charge in [-0.15, -0.1) is 0 Å². The molecule has 0 spiro atoms. The lowest BCUT2D eigenvalue weighted by molar-refractivity contribution is -0.127. The van der Waals surface area contributed by atoms with Crippen molar-refractivity contribution in [2.24, 2.45) is 5.92 Å². The molecule has 1 amide bonds. The number of carbonyl (C=O) groups excluding carboxylic acids is 1. The first-order valence-electron chi connectivity index (χ1n) is 12.0. The summed E-state index contributed by atoms with van der Waals surface area (Å²) in [6.07, 6.45) is 8.37. The molecule has 2 aromatic heterocycles. The minimum atomic E-state index is 0.102. The van der Waals surface area contributed by atoms with Gasteiger partial charge in [-0.1, -0.05) is 0 Å². The Morgan fingerprint density at radius 2 is 1.94 bits per heavy atom. The van der Waals surface area contributed by atoms with Gasteiger partial charge < -0.3 is 19.4 Å². The Kier molecular flexibility index (Phi) is 6.69. The molecule has 0 aliphatic carbocycles. The number of hydrogen-bond donors (Lipinski definition) is 1. The van der Waals surface area contributed by atoms with Gasteiger partial charge >= 0.3 is 0 Å². The van der Waals surface area contributed by atoms with Gasteiger partial charge in [-0.05, 0) is 63.4 Å². The van der Waals surface area contributed by atoms with Crippen LogP contribution < -0.4 is 10.2 Å². The molecule has 3 aliphatic rings. The van der Waals surface area contributed by atoms with Crippen molar-refractivity contribution in [3.63, 3.8) is 0 Å². The highest BCUT2D eigenvalue weighted by atomic mass is 16.5. The molecular weight excluding hydrogens is 406 g/mol. The quantitative estimate of drug-likeness (QED) is 0.741. The molecule has 1 N–H and O–H groups in total. The number of aromatic nitrogens is 2. The number of hydrogen-bond acceptors (Lipinski definition) is 7. The van der Waals surface area contributed by atoms with Crippen LogP contribution in [0.2, 0.25) is 0 Å². The largest absolute Gasteiger partial charge is 0.468 e. The zero-order chi connectivity index (χ0) is 21.8. The van der Waals surface area contributed by atoms with Crippen molar-refractivity contribution in [2.75, 3.05) is 44.3 Å². The van der Waals surface area contributed by atoms with E-state index in [1.807, 2.05) is 24.4 Å². The molecule has 1 unspecified atom stereocenters. The maximum absolute atomic E-state index is 12.9. The van der Waals surface area contributed by atoms with Crippen molar-refractivity contribution in [3.8, 4) is 0 Å². The van der Waals surface area contributed by atoms with Gasteiger partial charge in [0.15, 0.2) is 0 Å². The first-order valence-corrected chi connectivity index (χ1v) is 12.0. The maximum atomic E-state index is 12.9. The number of carbonyl (C=O) groups is 1. The molecule has 0 saturated carbocycles. The molecule has 0 radical (unpaired) electrons. The SMILES string of the molecule is O=C(NC1CCN(c2nccc(C3CCOCC3)n2)C1)C1CCN(Cc2ccco2)CC1. The Hall–Kier alpha value is -2.45. The summed E-state index contributed by atoms with van der Waals surface area (Å²) in [7, 11) is 0. The highest BCUT2D eigenvalue weighted by Gasteiger charge is 2.30. The topological polar surface area (TPSA) is 83.7 Å². The van der Waals surface area contributed by atoms with Gasteiger partial charge in [0.1, 0.15) is 5.76 Å².